The van der Waals surface area contributed by atoms with Gasteiger partial charge in [0.1, 0.15) is 0 Å². The normalized spacial score (nSPS) is 22.2. The molecule has 9 nitrogen and oxygen atoms in total. The summed E-state index contributed by atoms with van der Waals surface area (Å²) in [6.45, 7) is 1.60. The van der Waals surface area contributed by atoms with Crippen LogP contribution in [0.5, 0.6) is 0 Å². The number of rotatable bonds is 6. The molecule has 1 aromatic rings. The van der Waals surface area contributed by atoms with Gasteiger partial charge in [0, 0.05) is 46.0 Å². The van der Waals surface area contributed by atoms with E-state index < -0.39 is 26.2 Å². The molecule has 11 heteroatoms. The molecule has 0 aliphatic carbocycles. The number of hydrogen-bond donors (Lipinski definition) is 1. The lowest BCUT2D eigenvalue weighted by atomic mass is 9.99. The SMILES string of the molecule is CN(C)S(=O)(=O)N1CCC[C@@H](C(=O)Nc2ccc(S(=O)(=O)N3CCCCCC3)cc2)C1. The minimum Gasteiger partial charge on any atom is -0.326 e. The van der Waals surface area contributed by atoms with E-state index in [1.807, 2.05) is 0 Å². The highest BCUT2D eigenvalue weighted by atomic mass is 32.2. The molecule has 0 aromatic heterocycles. The predicted molar refractivity (Wildman–Crippen MR) is 119 cm³/mol. The van der Waals surface area contributed by atoms with Crippen molar-refractivity contribution in [2.45, 2.75) is 43.4 Å². The van der Waals surface area contributed by atoms with Crippen molar-refractivity contribution in [1.82, 2.24) is 12.9 Å². The van der Waals surface area contributed by atoms with E-state index in [4.69, 9.17) is 0 Å². The summed E-state index contributed by atoms with van der Waals surface area (Å²) in [5.41, 5.74) is 0.493. The number of carbonyl (C=O) groups excluding carboxylic acids is 1. The Bertz CT molecular complexity index is 969. The second-order valence-electron chi connectivity index (χ2n) is 8.32. The van der Waals surface area contributed by atoms with Crippen molar-refractivity contribution in [3.8, 4) is 0 Å². The third-order valence-electron chi connectivity index (χ3n) is 5.87. The van der Waals surface area contributed by atoms with Crippen molar-refractivity contribution in [2.24, 2.45) is 5.92 Å². The summed E-state index contributed by atoms with van der Waals surface area (Å²) in [4.78, 5) is 12.9. The number of sulfonamides is 1. The third-order valence-corrected chi connectivity index (χ3v) is 9.69. The van der Waals surface area contributed by atoms with Crippen molar-refractivity contribution in [2.75, 3.05) is 45.6 Å². The Morgan fingerprint density at radius 2 is 1.48 bits per heavy atom. The fourth-order valence-corrected chi connectivity index (χ4v) is 6.69. The van der Waals surface area contributed by atoms with Crippen LogP contribution >= 0.6 is 0 Å². The van der Waals surface area contributed by atoms with E-state index >= 15 is 0 Å². The van der Waals surface area contributed by atoms with Gasteiger partial charge in [0.25, 0.3) is 10.2 Å². The Balaban J connectivity index is 1.65. The summed E-state index contributed by atoms with van der Waals surface area (Å²) >= 11 is 0. The smallest absolute Gasteiger partial charge is 0.281 e. The molecule has 0 unspecified atom stereocenters. The summed E-state index contributed by atoms with van der Waals surface area (Å²) in [5, 5.41) is 2.80. The highest BCUT2D eigenvalue weighted by Gasteiger charge is 2.33. The van der Waals surface area contributed by atoms with Crippen molar-refractivity contribution >= 4 is 31.8 Å². The molecule has 0 radical (unpaired) electrons. The molecular formula is C20H32N4O5S2. The largest absolute Gasteiger partial charge is 0.326 e. The van der Waals surface area contributed by atoms with Gasteiger partial charge in [-0.25, -0.2) is 8.42 Å². The number of carbonyl (C=O) groups is 1. The van der Waals surface area contributed by atoms with Gasteiger partial charge in [-0.15, -0.1) is 0 Å². The van der Waals surface area contributed by atoms with Crippen molar-refractivity contribution in [3.63, 3.8) is 0 Å². The Morgan fingerprint density at radius 3 is 2.06 bits per heavy atom. The quantitative estimate of drug-likeness (QED) is 0.678. The number of nitrogens with zero attached hydrogens (tertiary/aromatic N) is 3. The van der Waals surface area contributed by atoms with Crippen molar-refractivity contribution in [3.05, 3.63) is 24.3 Å². The Morgan fingerprint density at radius 1 is 0.903 bits per heavy atom. The molecule has 174 valence electrons. The molecule has 2 aliphatic rings. The lowest BCUT2D eigenvalue weighted by Gasteiger charge is -2.32. The molecule has 2 fully saturated rings. The second-order valence-corrected chi connectivity index (χ2v) is 12.4. The lowest BCUT2D eigenvalue weighted by Crippen LogP contribution is -2.47. The van der Waals surface area contributed by atoms with E-state index in [0.717, 1.165) is 30.0 Å². The Hall–Kier alpha value is -1.53. The molecule has 1 N–H and O–H groups in total. The minimum absolute atomic E-state index is 0.133. The summed E-state index contributed by atoms with van der Waals surface area (Å²) in [6.07, 6.45) is 5.05. The molecular weight excluding hydrogens is 440 g/mol. The monoisotopic (exact) mass is 472 g/mol. The maximum absolute atomic E-state index is 12.9. The van der Waals surface area contributed by atoms with E-state index in [2.05, 4.69) is 5.32 Å². The first kappa shape index (κ1) is 24.1. The van der Waals surface area contributed by atoms with E-state index in [1.165, 1.54) is 34.8 Å². The van der Waals surface area contributed by atoms with Crippen LogP contribution in [0.3, 0.4) is 0 Å². The van der Waals surface area contributed by atoms with Gasteiger partial charge in [-0.2, -0.15) is 21.3 Å². The molecule has 2 heterocycles. The van der Waals surface area contributed by atoms with E-state index in [1.54, 1.807) is 12.1 Å². The topological polar surface area (TPSA) is 107 Å². The molecule has 1 aromatic carbocycles. The van der Waals surface area contributed by atoms with Crippen LogP contribution in [0.15, 0.2) is 29.2 Å². The van der Waals surface area contributed by atoms with Crippen LogP contribution in [0.2, 0.25) is 0 Å². The average molecular weight is 473 g/mol. The van der Waals surface area contributed by atoms with Crippen LogP contribution in [0.25, 0.3) is 0 Å². The van der Waals surface area contributed by atoms with Crippen LogP contribution in [-0.4, -0.2) is 75.9 Å². The Kier molecular flexibility index (Phi) is 7.74. The zero-order valence-electron chi connectivity index (χ0n) is 18.2. The molecule has 3 rings (SSSR count). The fraction of sp³-hybridized carbons (Fsp3) is 0.650. The van der Waals surface area contributed by atoms with E-state index in [9.17, 15) is 21.6 Å². The summed E-state index contributed by atoms with van der Waals surface area (Å²) in [6, 6.07) is 6.19. The van der Waals surface area contributed by atoms with Gasteiger partial charge in [0.15, 0.2) is 0 Å². The lowest BCUT2D eigenvalue weighted by molar-refractivity contribution is -0.120. The molecule has 0 spiro atoms. The van der Waals surface area contributed by atoms with Gasteiger partial charge < -0.3 is 5.32 Å². The molecule has 0 saturated carbocycles. The van der Waals surface area contributed by atoms with Crippen LogP contribution in [-0.2, 0) is 25.0 Å². The highest BCUT2D eigenvalue weighted by Crippen LogP contribution is 2.24. The number of benzene rings is 1. The number of piperidine rings is 1. The molecule has 2 aliphatic heterocycles. The number of hydrogen-bond acceptors (Lipinski definition) is 5. The van der Waals surface area contributed by atoms with Gasteiger partial charge in [0.05, 0.1) is 10.8 Å². The first-order valence-corrected chi connectivity index (χ1v) is 13.5. The number of nitrogens with one attached hydrogen (secondary N) is 1. The standard InChI is InChI=1S/C20H32N4O5S2/c1-22(2)31(28,29)24-15-7-8-17(16-24)20(25)21-18-9-11-19(12-10-18)30(26,27)23-13-5-3-4-6-14-23/h9-12,17H,3-8,13-16H2,1-2H3,(H,21,25)/t17-/m1/s1. The van der Waals surface area contributed by atoms with Gasteiger partial charge in [0.2, 0.25) is 15.9 Å². The minimum atomic E-state index is -3.56. The van der Waals surface area contributed by atoms with E-state index in [0.29, 0.717) is 38.2 Å². The van der Waals surface area contributed by atoms with Crippen molar-refractivity contribution < 1.29 is 21.6 Å². The maximum atomic E-state index is 12.9. The molecule has 2 saturated heterocycles. The van der Waals surface area contributed by atoms with Gasteiger partial charge in [-0.1, -0.05) is 12.8 Å². The molecule has 31 heavy (non-hydrogen) atoms. The third kappa shape index (κ3) is 5.64. The number of amides is 1. The second kappa shape index (κ2) is 9.95. The van der Waals surface area contributed by atoms with Gasteiger partial charge in [-0.05, 0) is 49.9 Å². The molecule has 0 bridgehead atoms. The fourth-order valence-electron chi connectivity index (χ4n) is 3.98. The number of anilines is 1. The average Bonchev–Trinajstić information content (AvgIpc) is 3.04. The predicted octanol–water partition coefficient (Wildman–Crippen LogP) is 1.71. The summed E-state index contributed by atoms with van der Waals surface area (Å²) in [7, 11) is -4.15. The van der Waals surface area contributed by atoms with Gasteiger partial charge in [-0.3, -0.25) is 4.79 Å². The van der Waals surface area contributed by atoms with Crippen LogP contribution in [0.1, 0.15) is 38.5 Å². The van der Waals surface area contributed by atoms with Crippen LogP contribution in [0, 0.1) is 5.92 Å². The molecule has 1 amide bonds. The van der Waals surface area contributed by atoms with Crippen molar-refractivity contribution in [1.29, 1.82) is 0 Å². The summed E-state index contributed by atoms with van der Waals surface area (Å²) < 4.78 is 54.5. The first-order valence-electron chi connectivity index (χ1n) is 10.7. The molecule has 1 atom stereocenters. The zero-order valence-corrected chi connectivity index (χ0v) is 19.8. The summed E-state index contributed by atoms with van der Waals surface area (Å²) in [5.74, 6) is -0.717. The first-order chi connectivity index (χ1) is 14.6. The maximum Gasteiger partial charge on any atom is 0.281 e. The Labute approximate surface area is 185 Å². The van der Waals surface area contributed by atoms with Crippen LogP contribution < -0.4 is 5.32 Å². The zero-order chi connectivity index (χ0) is 22.6. The highest BCUT2D eigenvalue weighted by molar-refractivity contribution is 7.89. The van der Waals surface area contributed by atoms with E-state index in [-0.39, 0.29) is 17.3 Å². The van der Waals surface area contributed by atoms with Crippen LogP contribution in [0.4, 0.5) is 5.69 Å². The van der Waals surface area contributed by atoms with Gasteiger partial charge >= 0.3 is 0 Å².